The lowest BCUT2D eigenvalue weighted by molar-refractivity contribution is 0.102. The number of aromatic hydroxyl groups is 1. The summed E-state index contributed by atoms with van der Waals surface area (Å²) in [7, 11) is 0. The van der Waals surface area contributed by atoms with Crippen LogP contribution in [-0.4, -0.2) is 11.0 Å². The standard InChI is InChI=1S/C13H8F3NO2/c14-7-2-4-12(18)9(5-7)13(19)17-11-6-8(15)1-3-10(11)16/h1-6,18H,(H,17,19). The van der Waals surface area contributed by atoms with E-state index < -0.39 is 34.8 Å². The normalized spacial score (nSPS) is 10.3. The van der Waals surface area contributed by atoms with Gasteiger partial charge in [0.1, 0.15) is 23.2 Å². The Morgan fingerprint density at radius 1 is 1.00 bits per heavy atom. The lowest BCUT2D eigenvalue weighted by Crippen LogP contribution is -2.13. The van der Waals surface area contributed by atoms with Crippen molar-refractivity contribution in [3.05, 3.63) is 59.4 Å². The highest BCUT2D eigenvalue weighted by Crippen LogP contribution is 2.21. The lowest BCUT2D eigenvalue weighted by atomic mass is 10.1. The fraction of sp³-hybridized carbons (Fsp3) is 0. The molecule has 2 rings (SSSR count). The first kappa shape index (κ1) is 12.9. The monoisotopic (exact) mass is 267 g/mol. The summed E-state index contributed by atoms with van der Waals surface area (Å²) in [5.41, 5.74) is -0.766. The highest BCUT2D eigenvalue weighted by Gasteiger charge is 2.14. The molecule has 3 nitrogen and oxygen atoms in total. The number of halogens is 3. The van der Waals surface area contributed by atoms with E-state index in [1.54, 1.807) is 0 Å². The topological polar surface area (TPSA) is 49.3 Å². The summed E-state index contributed by atoms with van der Waals surface area (Å²) in [4.78, 5) is 11.7. The number of rotatable bonds is 2. The molecule has 2 aromatic carbocycles. The Morgan fingerprint density at radius 3 is 2.37 bits per heavy atom. The molecule has 0 aliphatic rings. The number of amides is 1. The fourth-order valence-corrected chi connectivity index (χ4v) is 1.47. The molecule has 0 spiro atoms. The van der Waals surface area contributed by atoms with Crippen LogP contribution in [0.25, 0.3) is 0 Å². The van der Waals surface area contributed by atoms with Gasteiger partial charge in [0.2, 0.25) is 0 Å². The third-order valence-corrected chi connectivity index (χ3v) is 2.38. The zero-order valence-electron chi connectivity index (χ0n) is 9.45. The molecule has 0 heterocycles. The Bertz CT molecular complexity index is 644. The quantitative estimate of drug-likeness (QED) is 0.878. The van der Waals surface area contributed by atoms with Gasteiger partial charge < -0.3 is 10.4 Å². The molecule has 0 aromatic heterocycles. The molecular formula is C13H8F3NO2. The first-order valence-corrected chi connectivity index (χ1v) is 5.22. The van der Waals surface area contributed by atoms with Crippen LogP contribution in [0.5, 0.6) is 5.75 Å². The van der Waals surface area contributed by atoms with E-state index in [2.05, 4.69) is 5.32 Å². The molecular weight excluding hydrogens is 259 g/mol. The van der Waals surface area contributed by atoms with Gasteiger partial charge in [0.15, 0.2) is 0 Å². The van der Waals surface area contributed by atoms with E-state index in [0.717, 1.165) is 36.4 Å². The minimum atomic E-state index is -0.943. The summed E-state index contributed by atoms with van der Waals surface area (Å²) in [6.45, 7) is 0. The fourth-order valence-electron chi connectivity index (χ4n) is 1.47. The number of phenolic OH excluding ortho intramolecular Hbond substituents is 1. The molecule has 0 fully saturated rings. The summed E-state index contributed by atoms with van der Waals surface area (Å²) in [6, 6.07) is 5.27. The molecule has 2 N–H and O–H groups in total. The molecule has 0 radical (unpaired) electrons. The van der Waals surface area contributed by atoms with Crippen molar-refractivity contribution in [2.45, 2.75) is 0 Å². The molecule has 0 aliphatic carbocycles. The average Bonchev–Trinajstić information content (AvgIpc) is 2.36. The van der Waals surface area contributed by atoms with E-state index in [4.69, 9.17) is 0 Å². The molecule has 0 atom stereocenters. The summed E-state index contributed by atoms with van der Waals surface area (Å²) in [5, 5.41) is 11.5. The minimum absolute atomic E-state index is 0.372. The van der Waals surface area contributed by atoms with Crippen LogP contribution in [0.15, 0.2) is 36.4 Å². The molecule has 19 heavy (non-hydrogen) atoms. The summed E-state index contributed by atoms with van der Waals surface area (Å²) >= 11 is 0. The molecule has 0 aliphatic heterocycles. The molecule has 0 unspecified atom stereocenters. The first-order valence-electron chi connectivity index (χ1n) is 5.22. The zero-order valence-corrected chi connectivity index (χ0v) is 9.45. The largest absolute Gasteiger partial charge is 0.507 e. The second-order valence-electron chi connectivity index (χ2n) is 3.74. The van der Waals surface area contributed by atoms with E-state index in [9.17, 15) is 23.1 Å². The van der Waals surface area contributed by atoms with E-state index >= 15 is 0 Å². The van der Waals surface area contributed by atoms with Gasteiger partial charge in [-0.2, -0.15) is 0 Å². The average molecular weight is 267 g/mol. The number of carbonyl (C=O) groups excluding carboxylic acids is 1. The second-order valence-corrected chi connectivity index (χ2v) is 3.74. The summed E-state index contributed by atoms with van der Waals surface area (Å²) in [6.07, 6.45) is 0. The van der Waals surface area contributed by atoms with Crippen molar-refractivity contribution in [3.8, 4) is 5.75 Å². The predicted molar refractivity (Wildman–Crippen MR) is 62.4 cm³/mol. The van der Waals surface area contributed by atoms with Crippen molar-refractivity contribution in [3.63, 3.8) is 0 Å². The maximum absolute atomic E-state index is 13.3. The van der Waals surface area contributed by atoms with Crippen LogP contribution in [0.2, 0.25) is 0 Å². The molecule has 0 bridgehead atoms. The predicted octanol–water partition coefficient (Wildman–Crippen LogP) is 3.06. The summed E-state index contributed by atoms with van der Waals surface area (Å²) < 4.78 is 39.2. The van der Waals surface area contributed by atoms with Gasteiger partial charge in [0.25, 0.3) is 5.91 Å². The van der Waals surface area contributed by atoms with Gasteiger partial charge in [-0.25, -0.2) is 13.2 Å². The molecule has 0 saturated carbocycles. The van der Waals surface area contributed by atoms with Gasteiger partial charge in [-0.05, 0) is 30.3 Å². The number of benzene rings is 2. The molecule has 98 valence electrons. The SMILES string of the molecule is O=C(Nc1cc(F)ccc1F)c1cc(F)ccc1O. The molecule has 6 heteroatoms. The number of anilines is 1. The van der Waals surface area contributed by atoms with Crippen molar-refractivity contribution in [2.24, 2.45) is 0 Å². The lowest BCUT2D eigenvalue weighted by Gasteiger charge is -2.08. The maximum Gasteiger partial charge on any atom is 0.259 e. The maximum atomic E-state index is 13.3. The van der Waals surface area contributed by atoms with Crippen LogP contribution >= 0.6 is 0 Å². The van der Waals surface area contributed by atoms with Gasteiger partial charge >= 0.3 is 0 Å². The van der Waals surface area contributed by atoms with Crippen LogP contribution in [0.3, 0.4) is 0 Å². The number of hydrogen-bond acceptors (Lipinski definition) is 2. The van der Waals surface area contributed by atoms with Crippen LogP contribution < -0.4 is 5.32 Å². The van der Waals surface area contributed by atoms with E-state index in [1.807, 2.05) is 0 Å². The second kappa shape index (κ2) is 5.01. The Hall–Kier alpha value is -2.50. The third kappa shape index (κ3) is 2.85. The van der Waals surface area contributed by atoms with Crippen LogP contribution in [-0.2, 0) is 0 Å². The van der Waals surface area contributed by atoms with E-state index in [0.29, 0.717) is 0 Å². The Morgan fingerprint density at radius 2 is 1.63 bits per heavy atom. The van der Waals surface area contributed by atoms with Crippen molar-refractivity contribution in [1.29, 1.82) is 0 Å². The van der Waals surface area contributed by atoms with Crippen molar-refractivity contribution in [1.82, 2.24) is 0 Å². The number of phenols is 1. The van der Waals surface area contributed by atoms with Gasteiger partial charge in [0.05, 0.1) is 11.3 Å². The number of nitrogens with one attached hydrogen (secondary N) is 1. The first-order chi connectivity index (χ1) is 8.97. The zero-order chi connectivity index (χ0) is 14.0. The van der Waals surface area contributed by atoms with Gasteiger partial charge in [0, 0.05) is 6.07 Å². The smallest absolute Gasteiger partial charge is 0.259 e. The highest BCUT2D eigenvalue weighted by molar-refractivity contribution is 6.06. The van der Waals surface area contributed by atoms with Crippen molar-refractivity contribution in [2.75, 3.05) is 5.32 Å². The van der Waals surface area contributed by atoms with Gasteiger partial charge in [-0.15, -0.1) is 0 Å². The Balaban J connectivity index is 2.30. The molecule has 1 amide bonds. The van der Waals surface area contributed by atoms with E-state index in [-0.39, 0.29) is 5.56 Å². The van der Waals surface area contributed by atoms with Gasteiger partial charge in [-0.3, -0.25) is 4.79 Å². The molecule has 2 aromatic rings. The number of carbonyl (C=O) groups is 1. The van der Waals surface area contributed by atoms with Crippen molar-refractivity contribution < 1.29 is 23.1 Å². The third-order valence-electron chi connectivity index (χ3n) is 2.38. The van der Waals surface area contributed by atoms with Crippen LogP contribution in [0.4, 0.5) is 18.9 Å². The minimum Gasteiger partial charge on any atom is -0.507 e. The Labute approximate surface area is 106 Å². The molecule has 0 saturated heterocycles. The van der Waals surface area contributed by atoms with Gasteiger partial charge in [-0.1, -0.05) is 0 Å². The Kier molecular flexibility index (Phi) is 3.41. The van der Waals surface area contributed by atoms with Crippen LogP contribution in [0.1, 0.15) is 10.4 Å². The van der Waals surface area contributed by atoms with Crippen LogP contribution in [0, 0.1) is 17.5 Å². The highest BCUT2D eigenvalue weighted by atomic mass is 19.1. The van der Waals surface area contributed by atoms with E-state index in [1.165, 1.54) is 0 Å². The summed E-state index contributed by atoms with van der Waals surface area (Å²) in [5.74, 6) is -3.72. The number of hydrogen-bond donors (Lipinski definition) is 2. The van der Waals surface area contributed by atoms with Crippen molar-refractivity contribution >= 4 is 11.6 Å².